The summed E-state index contributed by atoms with van der Waals surface area (Å²) in [5.74, 6) is 0.0224. The smallest absolute Gasteiger partial charge is 0.256 e. The molecular weight excluding hydrogens is 256 g/mol. The fourth-order valence-electron chi connectivity index (χ4n) is 2.89. The topological polar surface area (TPSA) is 62.1 Å². The number of rotatable bonds is 1. The van der Waals surface area contributed by atoms with Crippen LogP contribution in [0.15, 0.2) is 29.4 Å². The van der Waals surface area contributed by atoms with Gasteiger partial charge in [0.2, 0.25) is 0 Å². The molecule has 1 aromatic rings. The standard InChI is InChI=1S/C15H18N2O3/c18-15(14-8-4-10-20-14)17-9-3-6-12(16-19)11-5-1-2-7-13(11)17/h1-2,5,7,14,19H,3-4,6,8-10H2/b16-12-. The van der Waals surface area contributed by atoms with Crippen molar-refractivity contribution >= 4 is 17.3 Å². The molecule has 0 saturated carbocycles. The maximum absolute atomic E-state index is 12.6. The van der Waals surface area contributed by atoms with E-state index in [4.69, 9.17) is 9.94 Å². The number of anilines is 1. The molecule has 0 aliphatic carbocycles. The number of carbonyl (C=O) groups excluding carboxylic acids is 1. The van der Waals surface area contributed by atoms with Crippen molar-refractivity contribution in [2.24, 2.45) is 5.16 Å². The molecule has 5 nitrogen and oxygen atoms in total. The van der Waals surface area contributed by atoms with Crippen LogP contribution < -0.4 is 4.90 Å². The summed E-state index contributed by atoms with van der Waals surface area (Å²) in [7, 11) is 0. The van der Waals surface area contributed by atoms with Crippen molar-refractivity contribution in [3.8, 4) is 0 Å². The van der Waals surface area contributed by atoms with Gasteiger partial charge >= 0.3 is 0 Å². The second-order valence-corrected chi connectivity index (χ2v) is 5.16. The first-order valence-electron chi connectivity index (χ1n) is 7.04. The van der Waals surface area contributed by atoms with Crippen LogP contribution in [0.25, 0.3) is 0 Å². The Morgan fingerprint density at radius 1 is 1.35 bits per heavy atom. The van der Waals surface area contributed by atoms with Crippen LogP contribution in [0, 0.1) is 0 Å². The molecule has 0 aromatic heterocycles. The van der Waals surface area contributed by atoms with Crippen LogP contribution in [0.4, 0.5) is 5.69 Å². The van der Waals surface area contributed by atoms with E-state index in [-0.39, 0.29) is 12.0 Å². The summed E-state index contributed by atoms with van der Waals surface area (Å²) in [6, 6.07) is 7.59. The van der Waals surface area contributed by atoms with Crippen LogP contribution in [0.3, 0.4) is 0 Å². The normalized spacial score (nSPS) is 24.5. The van der Waals surface area contributed by atoms with Crippen LogP contribution in [0.5, 0.6) is 0 Å². The molecule has 2 aliphatic heterocycles. The van der Waals surface area contributed by atoms with E-state index in [1.165, 1.54) is 0 Å². The molecule has 1 fully saturated rings. The second kappa shape index (κ2) is 5.63. The molecule has 1 atom stereocenters. The van der Waals surface area contributed by atoms with E-state index in [2.05, 4.69) is 5.16 Å². The van der Waals surface area contributed by atoms with E-state index >= 15 is 0 Å². The maximum Gasteiger partial charge on any atom is 0.256 e. The van der Waals surface area contributed by atoms with Crippen molar-refractivity contribution in [1.29, 1.82) is 0 Å². The average molecular weight is 274 g/mol. The Bertz CT molecular complexity index is 536. The Morgan fingerprint density at radius 3 is 2.95 bits per heavy atom. The summed E-state index contributed by atoms with van der Waals surface area (Å²) in [6.07, 6.45) is 2.86. The molecule has 2 heterocycles. The van der Waals surface area contributed by atoms with Gasteiger partial charge in [0.1, 0.15) is 6.10 Å². The van der Waals surface area contributed by atoms with Crippen LogP contribution in [0.1, 0.15) is 31.2 Å². The van der Waals surface area contributed by atoms with Gasteiger partial charge in [-0.25, -0.2) is 0 Å². The molecule has 5 heteroatoms. The third-order valence-electron chi connectivity index (χ3n) is 3.89. The predicted molar refractivity (Wildman–Crippen MR) is 75.3 cm³/mol. The number of hydrogen-bond acceptors (Lipinski definition) is 4. The Hall–Kier alpha value is -1.88. The van der Waals surface area contributed by atoms with Gasteiger partial charge in [-0.15, -0.1) is 0 Å². The monoisotopic (exact) mass is 274 g/mol. The number of oxime groups is 1. The molecule has 1 amide bonds. The highest BCUT2D eigenvalue weighted by Gasteiger charge is 2.31. The van der Waals surface area contributed by atoms with E-state index in [1.54, 1.807) is 4.90 Å². The molecule has 1 N–H and O–H groups in total. The molecule has 106 valence electrons. The Labute approximate surface area is 117 Å². The molecule has 1 aromatic carbocycles. The molecule has 0 bridgehead atoms. The summed E-state index contributed by atoms with van der Waals surface area (Å²) < 4.78 is 5.51. The van der Waals surface area contributed by atoms with Crippen LogP contribution in [0.2, 0.25) is 0 Å². The van der Waals surface area contributed by atoms with E-state index in [1.807, 2.05) is 24.3 Å². The van der Waals surface area contributed by atoms with Crippen molar-refractivity contribution in [3.63, 3.8) is 0 Å². The SMILES string of the molecule is O=C(C1CCCO1)N1CCC/C(=N/O)c2ccccc21. The maximum atomic E-state index is 12.6. The van der Waals surface area contributed by atoms with Gasteiger partial charge in [-0.05, 0) is 31.7 Å². The predicted octanol–water partition coefficient (Wildman–Crippen LogP) is 2.17. The lowest BCUT2D eigenvalue weighted by molar-refractivity contribution is -0.127. The summed E-state index contributed by atoms with van der Waals surface area (Å²) in [4.78, 5) is 14.4. The van der Waals surface area contributed by atoms with Gasteiger partial charge < -0.3 is 14.8 Å². The van der Waals surface area contributed by atoms with Crippen molar-refractivity contribution in [2.45, 2.75) is 31.8 Å². The number of amides is 1. The van der Waals surface area contributed by atoms with E-state index in [9.17, 15) is 4.79 Å². The number of fused-ring (bicyclic) bond motifs is 1. The number of para-hydroxylation sites is 1. The summed E-state index contributed by atoms with van der Waals surface area (Å²) >= 11 is 0. The highest BCUT2D eigenvalue weighted by Crippen LogP contribution is 2.28. The molecular formula is C15H18N2O3. The zero-order valence-corrected chi connectivity index (χ0v) is 11.3. The molecule has 0 radical (unpaired) electrons. The first-order valence-corrected chi connectivity index (χ1v) is 7.04. The van der Waals surface area contributed by atoms with Gasteiger partial charge in [-0.1, -0.05) is 23.4 Å². The summed E-state index contributed by atoms with van der Waals surface area (Å²) in [5, 5.41) is 12.5. The molecule has 1 saturated heterocycles. The molecule has 3 rings (SSSR count). The highest BCUT2D eigenvalue weighted by atomic mass is 16.5. The van der Waals surface area contributed by atoms with Crippen molar-refractivity contribution in [3.05, 3.63) is 29.8 Å². The molecule has 2 aliphatic rings. The van der Waals surface area contributed by atoms with Crippen molar-refractivity contribution in [2.75, 3.05) is 18.1 Å². The van der Waals surface area contributed by atoms with E-state index < -0.39 is 0 Å². The lowest BCUT2D eigenvalue weighted by atomic mass is 10.1. The number of nitrogens with zero attached hydrogens (tertiary/aromatic N) is 2. The lowest BCUT2D eigenvalue weighted by Gasteiger charge is -2.25. The lowest BCUT2D eigenvalue weighted by Crippen LogP contribution is -2.39. The van der Waals surface area contributed by atoms with Gasteiger partial charge in [0.25, 0.3) is 5.91 Å². The van der Waals surface area contributed by atoms with Gasteiger partial charge in [0.15, 0.2) is 0 Å². The fraction of sp³-hybridized carbons (Fsp3) is 0.467. The summed E-state index contributed by atoms with van der Waals surface area (Å²) in [6.45, 7) is 1.30. The van der Waals surface area contributed by atoms with Gasteiger partial charge in [-0.2, -0.15) is 0 Å². The zero-order chi connectivity index (χ0) is 13.9. The van der Waals surface area contributed by atoms with E-state index in [0.29, 0.717) is 25.3 Å². The minimum absolute atomic E-state index is 0.0224. The number of benzene rings is 1. The second-order valence-electron chi connectivity index (χ2n) is 5.16. The minimum atomic E-state index is -0.323. The third-order valence-corrected chi connectivity index (χ3v) is 3.89. The fourth-order valence-corrected chi connectivity index (χ4v) is 2.89. The first kappa shape index (κ1) is 13.1. The number of ether oxygens (including phenoxy) is 1. The molecule has 1 unspecified atom stereocenters. The Balaban J connectivity index is 1.96. The summed E-state index contributed by atoms with van der Waals surface area (Å²) in [5.41, 5.74) is 2.29. The Morgan fingerprint density at radius 2 is 2.20 bits per heavy atom. The van der Waals surface area contributed by atoms with Crippen LogP contribution >= 0.6 is 0 Å². The highest BCUT2D eigenvalue weighted by molar-refractivity contribution is 6.09. The quantitative estimate of drug-likeness (QED) is 0.630. The largest absolute Gasteiger partial charge is 0.411 e. The number of carbonyl (C=O) groups is 1. The number of hydrogen-bond donors (Lipinski definition) is 1. The van der Waals surface area contributed by atoms with Crippen molar-refractivity contribution in [1.82, 2.24) is 0 Å². The van der Waals surface area contributed by atoms with Gasteiger partial charge in [0, 0.05) is 18.7 Å². The van der Waals surface area contributed by atoms with E-state index in [0.717, 1.165) is 30.5 Å². The molecule has 0 spiro atoms. The van der Waals surface area contributed by atoms with Crippen molar-refractivity contribution < 1.29 is 14.7 Å². The minimum Gasteiger partial charge on any atom is -0.411 e. The third kappa shape index (κ3) is 2.29. The zero-order valence-electron chi connectivity index (χ0n) is 11.3. The average Bonchev–Trinajstić information content (AvgIpc) is 2.95. The first-order chi connectivity index (χ1) is 9.81. The van der Waals surface area contributed by atoms with Crippen LogP contribution in [-0.4, -0.2) is 36.1 Å². The van der Waals surface area contributed by atoms with Gasteiger partial charge in [-0.3, -0.25) is 4.79 Å². The Kier molecular flexibility index (Phi) is 3.69. The van der Waals surface area contributed by atoms with Crippen LogP contribution in [-0.2, 0) is 9.53 Å². The molecule has 20 heavy (non-hydrogen) atoms. The van der Waals surface area contributed by atoms with Gasteiger partial charge in [0.05, 0.1) is 11.4 Å².